The minimum atomic E-state index is -0.501. The summed E-state index contributed by atoms with van der Waals surface area (Å²) in [6, 6.07) is 9.40. The molecule has 4 nitrogen and oxygen atoms in total. The lowest BCUT2D eigenvalue weighted by Crippen LogP contribution is -2.05. The Morgan fingerprint density at radius 2 is 2.11 bits per heavy atom. The molecular formula is C13H11NO3S. The van der Waals surface area contributed by atoms with E-state index >= 15 is 0 Å². The van der Waals surface area contributed by atoms with Crippen molar-refractivity contribution in [1.29, 1.82) is 0 Å². The minimum Gasteiger partial charge on any atom is -0.462 e. The molecule has 2 aromatic rings. The van der Waals surface area contributed by atoms with Crippen LogP contribution in [0.3, 0.4) is 0 Å². The van der Waals surface area contributed by atoms with Gasteiger partial charge in [0.1, 0.15) is 15.6 Å². The second kappa shape index (κ2) is 5.55. The van der Waals surface area contributed by atoms with Gasteiger partial charge in [-0.2, -0.15) is 0 Å². The Kier molecular flexibility index (Phi) is 3.84. The predicted octanol–water partition coefficient (Wildman–Crippen LogP) is 2.80. The number of esters is 1. The van der Waals surface area contributed by atoms with E-state index < -0.39 is 5.97 Å². The Balaban J connectivity index is 2.41. The maximum absolute atomic E-state index is 11.7. The maximum atomic E-state index is 11.7. The minimum absolute atomic E-state index is 0.136. The van der Waals surface area contributed by atoms with Gasteiger partial charge in [-0.05, 0) is 6.92 Å². The van der Waals surface area contributed by atoms with Gasteiger partial charge in [-0.3, -0.25) is 4.79 Å². The van der Waals surface area contributed by atoms with Crippen molar-refractivity contribution in [3.8, 4) is 10.6 Å². The number of hydrogen-bond acceptors (Lipinski definition) is 5. The van der Waals surface area contributed by atoms with E-state index in [1.54, 1.807) is 6.92 Å². The number of hydrogen-bond donors (Lipinski definition) is 0. The van der Waals surface area contributed by atoms with Gasteiger partial charge in [0.05, 0.1) is 6.61 Å². The van der Waals surface area contributed by atoms with Crippen molar-refractivity contribution in [3.63, 3.8) is 0 Å². The number of thiazole rings is 1. The van der Waals surface area contributed by atoms with Gasteiger partial charge in [0.15, 0.2) is 6.29 Å². The van der Waals surface area contributed by atoms with Gasteiger partial charge < -0.3 is 4.74 Å². The molecule has 0 fully saturated rings. The zero-order chi connectivity index (χ0) is 13.0. The zero-order valence-electron chi connectivity index (χ0n) is 9.75. The maximum Gasteiger partial charge on any atom is 0.350 e. The number of rotatable bonds is 4. The summed E-state index contributed by atoms with van der Waals surface area (Å²) in [5.74, 6) is -0.501. The summed E-state index contributed by atoms with van der Waals surface area (Å²) in [4.78, 5) is 27.0. The van der Waals surface area contributed by atoms with E-state index in [4.69, 9.17) is 4.74 Å². The van der Waals surface area contributed by atoms with E-state index in [1.165, 1.54) is 11.3 Å². The number of nitrogens with zero attached hydrogens (tertiary/aromatic N) is 1. The third kappa shape index (κ3) is 2.46. The quantitative estimate of drug-likeness (QED) is 0.627. The van der Waals surface area contributed by atoms with Crippen molar-refractivity contribution in [2.75, 3.05) is 6.61 Å². The topological polar surface area (TPSA) is 56.3 Å². The molecule has 0 N–H and O–H groups in total. The molecule has 0 amide bonds. The van der Waals surface area contributed by atoms with Gasteiger partial charge in [0.2, 0.25) is 0 Å². The van der Waals surface area contributed by atoms with Gasteiger partial charge in [-0.1, -0.05) is 30.3 Å². The van der Waals surface area contributed by atoms with Gasteiger partial charge in [0.25, 0.3) is 0 Å². The van der Waals surface area contributed by atoms with Crippen LogP contribution in [0.15, 0.2) is 30.3 Å². The number of aromatic nitrogens is 1. The van der Waals surface area contributed by atoms with Crippen LogP contribution in [0.1, 0.15) is 27.1 Å². The molecule has 1 aromatic heterocycles. The smallest absolute Gasteiger partial charge is 0.350 e. The molecule has 2 rings (SSSR count). The van der Waals surface area contributed by atoms with Crippen molar-refractivity contribution in [1.82, 2.24) is 4.98 Å². The van der Waals surface area contributed by atoms with Crippen molar-refractivity contribution in [2.24, 2.45) is 0 Å². The molecule has 0 spiro atoms. The van der Waals surface area contributed by atoms with Crippen molar-refractivity contribution >= 4 is 23.6 Å². The highest BCUT2D eigenvalue weighted by molar-refractivity contribution is 7.17. The Morgan fingerprint density at radius 3 is 2.72 bits per heavy atom. The number of carbonyl (C=O) groups is 2. The average molecular weight is 261 g/mol. The molecule has 0 saturated heterocycles. The van der Waals surface area contributed by atoms with Crippen molar-refractivity contribution < 1.29 is 14.3 Å². The molecule has 0 atom stereocenters. The molecule has 0 aliphatic heterocycles. The molecule has 0 unspecified atom stereocenters. The van der Waals surface area contributed by atoms with Gasteiger partial charge in [-0.15, -0.1) is 11.3 Å². The monoisotopic (exact) mass is 261 g/mol. The van der Waals surface area contributed by atoms with Crippen molar-refractivity contribution in [3.05, 3.63) is 40.9 Å². The lowest BCUT2D eigenvalue weighted by molar-refractivity contribution is 0.0529. The summed E-state index contributed by atoms with van der Waals surface area (Å²) < 4.78 is 4.89. The van der Waals surface area contributed by atoms with E-state index in [-0.39, 0.29) is 17.2 Å². The summed E-state index contributed by atoms with van der Waals surface area (Å²) in [6.07, 6.45) is 0.579. The first-order valence-electron chi connectivity index (χ1n) is 5.44. The normalized spacial score (nSPS) is 10.1. The van der Waals surface area contributed by atoms with Crippen LogP contribution in [0.25, 0.3) is 10.6 Å². The fourth-order valence-corrected chi connectivity index (χ4v) is 2.39. The molecule has 1 aromatic carbocycles. The van der Waals surface area contributed by atoms with E-state index in [0.717, 1.165) is 5.56 Å². The van der Waals surface area contributed by atoms with Crippen LogP contribution in [0.4, 0.5) is 0 Å². The SMILES string of the molecule is CCOC(=O)c1sc(-c2ccccc2)nc1C=O. The Hall–Kier alpha value is -2.01. The largest absolute Gasteiger partial charge is 0.462 e. The fourth-order valence-electron chi connectivity index (χ4n) is 1.46. The fraction of sp³-hybridized carbons (Fsp3) is 0.154. The zero-order valence-corrected chi connectivity index (χ0v) is 10.6. The number of benzene rings is 1. The molecular weight excluding hydrogens is 250 g/mol. The molecule has 1 heterocycles. The summed E-state index contributed by atoms with van der Waals surface area (Å²) in [6.45, 7) is 1.99. The van der Waals surface area contributed by atoms with Crippen LogP contribution in [0.5, 0.6) is 0 Å². The molecule has 0 bridgehead atoms. The summed E-state index contributed by atoms with van der Waals surface area (Å²) in [5, 5.41) is 0.640. The molecule has 0 aliphatic carbocycles. The van der Waals surface area contributed by atoms with Gasteiger partial charge in [0, 0.05) is 5.56 Å². The molecule has 18 heavy (non-hydrogen) atoms. The highest BCUT2D eigenvalue weighted by Crippen LogP contribution is 2.27. The molecule has 5 heteroatoms. The van der Waals surface area contributed by atoms with Crippen LogP contribution in [-0.2, 0) is 4.74 Å². The van der Waals surface area contributed by atoms with E-state index in [0.29, 0.717) is 11.3 Å². The molecule has 0 saturated carbocycles. The second-order valence-corrected chi connectivity index (χ2v) is 4.44. The first-order chi connectivity index (χ1) is 8.76. The van der Waals surface area contributed by atoms with E-state index in [1.807, 2.05) is 30.3 Å². The van der Waals surface area contributed by atoms with Crippen LogP contribution < -0.4 is 0 Å². The highest BCUT2D eigenvalue weighted by atomic mass is 32.1. The standard InChI is InChI=1S/C13H11NO3S/c1-2-17-13(16)11-10(8-15)14-12(18-11)9-6-4-3-5-7-9/h3-8H,2H2,1H3. The molecule has 0 radical (unpaired) electrons. The number of carbonyl (C=O) groups excluding carboxylic acids is 2. The van der Waals surface area contributed by atoms with Crippen LogP contribution >= 0.6 is 11.3 Å². The van der Waals surface area contributed by atoms with Crippen LogP contribution in [-0.4, -0.2) is 23.8 Å². The third-order valence-electron chi connectivity index (χ3n) is 2.25. The van der Waals surface area contributed by atoms with Crippen molar-refractivity contribution in [2.45, 2.75) is 6.92 Å². The predicted molar refractivity (Wildman–Crippen MR) is 68.9 cm³/mol. The first kappa shape index (κ1) is 12.4. The molecule has 92 valence electrons. The van der Waals surface area contributed by atoms with Crippen LogP contribution in [0, 0.1) is 0 Å². The van der Waals surface area contributed by atoms with Gasteiger partial charge in [-0.25, -0.2) is 9.78 Å². The molecule has 0 aliphatic rings. The Bertz CT molecular complexity index is 563. The Labute approximate surface area is 108 Å². The lowest BCUT2D eigenvalue weighted by atomic mass is 10.2. The first-order valence-corrected chi connectivity index (χ1v) is 6.26. The van der Waals surface area contributed by atoms with E-state index in [2.05, 4.69) is 4.98 Å². The Morgan fingerprint density at radius 1 is 1.39 bits per heavy atom. The third-order valence-corrected chi connectivity index (χ3v) is 3.35. The number of ether oxygens (including phenoxy) is 1. The van der Waals surface area contributed by atoms with E-state index in [9.17, 15) is 9.59 Å². The average Bonchev–Trinajstić information content (AvgIpc) is 2.84. The summed E-state index contributed by atoms with van der Waals surface area (Å²) in [7, 11) is 0. The second-order valence-electron chi connectivity index (χ2n) is 3.44. The van der Waals surface area contributed by atoms with Gasteiger partial charge >= 0.3 is 5.97 Å². The number of aldehydes is 1. The summed E-state index contributed by atoms with van der Waals surface area (Å²) in [5.41, 5.74) is 1.01. The van der Waals surface area contributed by atoms with Crippen LogP contribution in [0.2, 0.25) is 0 Å². The highest BCUT2D eigenvalue weighted by Gasteiger charge is 2.19. The lowest BCUT2D eigenvalue weighted by Gasteiger charge is -1.97. The summed E-state index contributed by atoms with van der Waals surface area (Å²) >= 11 is 1.17.